The number of amides is 1. The minimum absolute atomic E-state index is 0.0122. The first-order chi connectivity index (χ1) is 12.7. The molecular weight excluding hydrogens is 332 g/mol. The lowest BCUT2D eigenvalue weighted by Gasteiger charge is -2.26. The van der Waals surface area contributed by atoms with Crippen LogP contribution in [0.15, 0.2) is 40.9 Å². The van der Waals surface area contributed by atoms with Crippen molar-refractivity contribution in [3.8, 4) is 0 Å². The van der Waals surface area contributed by atoms with Crippen LogP contribution in [0.3, 0.4) is 0 Å². The molecule has 0 saturated carbocycles. The summed E-state index contributed by atoms with van der Waals surface area (Å²) in [5.41, 5.74) is 3.32. The molecule has 1 aliphatic rings. The van der Waals surface area contributed by atoms with Gasteiger partial charge in [0.1, 0.15) is 11.3 Å². The van der Waals surface area contributed by atoms with Crippen LogP contribution in [0.4, 0.5) is 5.82 Å². The summed E-state index contributed by atoms with van der Waals surface area (Å²) >= 11 is 0. The molecule has 1 aromatic carbocycles. The fourth-order valence-corrected chi connectivity index (χ4v) is 2.95. The number of morpholine rings is 1. The number of rotatable bonds is 4. The van der Waals surface area contributed by atoms with Gasteiger partial charge < -0.3 is 19.4 Å². The van der Waals surface area contributed by atoms with Crippen LogP contribution in [0.5, 0.6) is 0 Å². The maximum Gasteiger partial charge on any atom is 0.255 e. The second-order valence-electron chi connectivity index (χ2n) is 6.22. The van der Waals surface area contributed by atoms with Gasteiger partial charge in [0.05, 0.1) is 25.3 Å². The van der Waals surface area contributed by atoms with Crippen molar-refractivity contribution < 1.29 is 13.9 Å². The SMILES string of the molecule is Cc1cccc2oc(CNc3ccc(C(=O)N4CCOCC4)cn3)nc12. The number of nitrogens with one attached hydrogen (secondary N) is 1. The highest BCUT2D eigenvalue weighted by atomic mass is 16.5. The van der Waals surface area contributed by atoms with Crippen LogP contribution in [0, 0.1) is 6.92 Å². The molecule has 1 saturated heterocycles. The van der Waals surface area contributed by atoms with Crippen molar-refractivity contribution in [3.05, 3.63) is 53.5 Å². The molecule has 1 amide bonds. The first-order valence-electron chi connectivity index (χ1n) is 8.63. The Bertz CT molecular complexity index is 914. The van der Waals surface area contributed by atoms with Gasteiger partial charge in [-0.2, -0.15) is 0 Å². The van der Waals surface area contributed by atoms with Crippen LogP contribution in [0.25, 0.3) is 11.1 Å². The molecule has 0 bridgehead atoms. The molecule has 1 fully saturated rings. The smallest absolute Gasteiger partial charge is 0.255 e. The number of fused-ring (bicyclic) bond motifs is 1. The van der Waals surface area contributed by atoms with Crippen molar-refractivity contribution in [3.63, 3.8) is 0 Å². The summed E-state index contributed by atoms with van der Waals surface area (Å²) in [4.78, 5) is 23.0. The summed E-state index contributed by atoms with van der Waals surface area (Å²) in [6.45, 7) is 4.85. The van der Waals surface area contributed by atoms with Gasteiger partial charge in [-0.3, -0.25) is 4.79 Å². The quantitative estimate of drug-likeness (QED) is 0.777. The van der Waals surface area contributed by atoms with E-state index in [1.807, 2.05) is 25.1 Å². The maximum absolute atomic E-state index is 12.4. The first kappa shape index (κ1) is 16.5. The molecule has 0 spiro atoms. The Morgan fingerprint density at radius 3 is 2.81 bits per heavy atom. The van der Waals surface area contributed by atoms with Crippen molar-refractivity contribution >= 4 is 22.8 Å². The van der Waals surface area contributed by atoms with E-state index in [-0.39, 0.29) is 5.91 Å². The number of benzene rings is 1. The van der Waals surface area contributed by atoms with Crippen LogP contribution >= 0.6 is 0 Å². The largest absolute Gasteiger partial charge is 0.439 e. The second-order valence-corrected chi connectivity index (χ2v) is 6.22. The third-order valence-corrected chi connectivity index (χ3v) is 4.39. The highest BCUT2D eigenvalue weighted by Crippen LogP contribution is 2.19. The van der Waals surface area contributed by atoms with E-state index in [0.717, 1.165) is 16.7 Å². The predicted molar refractivity (Wildman–Crippen MR) is 97.0 cm³/mol. The molecule has 1 N–H and O–H groups in total. The average Bonchev–Trinajstić information content (AvgIpc) is 3.11. The summed E-state index contributed by atoms with van der Waals surface area (Å²) in [7, 11) is 0. The third kappa shape index (κ3) is 3.39. The van der Waals surface area contributed by atoms with Gasteiger partial charge in [-0.25, -0.2) is 9.97 Å². The second kappa shape index (κ2) is 7.13. The number of aryl methyl sites for hydroxylation is 1. The highest BCUT2D eigenvalue weighted by molar-refractivity contribution is 5.94. The van der Waals surface area contributed by atoms with Gasteiger partial charge in [0.15, 0.2) is 5.58 Å². The number of carbonyl (C=O) groups is 1. The molecule has 3 heterocycles. The molecule has 2 aromatic heterocycles. The third-order valence-electron chi connectivity index (χ3n) is 4.39. The van der Waals surface area contributed by atoms with Crippen LogP contribution in [-0.4, -0.2) is 47.1 Å². The molecule has 134 valence electrons. The Labute approximate surface area is 151 Å². The lowest BCUT2D eigenvalue weighted by Crippen LogP contribution is -2.40. The zero-order chi connectivity index (χ0) is 17.9. The molecule has 7 heteroatoms. The number of anilines is 1. The average molecular weight is 352 g/mol. The Morgan fingerprint density at radius 2 is 2.08 bits per heavy atom. The van der Waals surface area contributed by atoms with Gasteiger partial charge in [0, 0.05) is 19.3 Å². The van der Waals surface area contributed by atoms with Crippen molar-refractivity contribution in [2.24, 2.45) is 0 Å². The summed E-state index contributed by atoms with van der Waals surface area (Å²) in [5, 5.41) is 3.17. The number of nitrogens with zero attached hydrogens (tertiary/aromatic N) is 3. The molecule has 3 aromatic rings. The molecular formula is C19H20N4O3. The summed E-state index contributed by atoms with van der Waals surface area (Å²) < 4.78 is 11.0. The molecule has 7 nitrogen and oxygen atoms in total. The van der Waals surface area contributed by atoms with Gasteiger partial charge in [-0.05, 0) is 30.7 Å². The van der Waals surface area contributed by atoms with Crippen molar-refractivity contribution in [1.29, 1.82) is 0 Å². The Balaban J connectivity index is 1.40. The number of carbonyl (C=O) groups excluding carboxylic acids is 1. The number of pyridine rings is 1. The zero-order valence-corrected chi connectivity index (χ0v) is 14.6. The van der Waals surface area contributed by atoms with E-state index < -0.39 is 0 Å². The van der Waals surface area contributed by atoms with Crippen molar-refractivity contribution in [2.75, 3.05) is 31.6 Å². The van der Waals surface area contributed by atoms with E-state index in [9.17, 15) is 4.79 Å². The number of hydrogen-bond acceptors (Lipinski definition) is 6. The van der Waals surface area contributed by atoms with Crippen LogP contribution in [-0.2, 0) is 11.3 Å². The molecule has 0 atom stereocenters. The van der Waals surface area contributed by atoms with E-state index in [4.69, 9.17) is 9.15 Å². The monoisotopic (exact) mass is 352 g/mol. The topological polar surface area (TPSA) is 80.5 Å². The number of aromatic nitrogens is 2. The van der Waals surface area contributed by atoms with E-state index in [2.05, 4.69) is 15.3 Å². The Hall–Kier alpha value is -2.93. The van der Waals surface area contributed by atoms with Gasteiger partial charge in [-0.15, -0.1) is 0 Å². The molecule has 4 rings (SSSR count). The minimum Gasteiger partial charge on any atom is -0.439 e. The van der Waals surface area contributed by atoms with Crippen LogP contribution in [0.1, 0.15) is 21.8 Å². The lowest BCUT2D eigenvalue weighted by molar-refractivity contribution is 0.0302. The van der Waals surface area contributed by atoms with E-state index in [0.29, 0.717) is 50.1 Å². The Morgan fingerprint density at radius 1 is 1.23 bits per heavy atom. The first-order valence-corrected chi connectivity index (χ1v) is 8.63. The maximum atomic E-state index is 12.4. The molecule has 0 radical (unpaired) electrons. The molecule has 0 unspecified atom stereocenters. The predicted octanol–water partition coefficient (Wildman–Crippen LogP) is 2.62. The fourth-order valence-electron chi connectivity index (χ4n) is 2.95. The molecule has 26 heavy (non-hydrogen) atoms. The van der Waals surface area contributed by atoms with Gasteiger partial charge in [0.2, 0.25) is 5.89 Å². The van der Waals surface area contributed by atoms with Crippen molar-refractivity contribution in [2.45, 2.75) is 13.5 Å². The van der Waals surface area contributed by atoms with Crippen molar-refractivity contribution in [1.82, 2.24) is 14.9 Å². The number of para-hydroxylation sites is 1. The summed E-state index contributed by atoms with van der Waals surface area (Å²) in [6, 6.07) is 9.44. The standard InChI is InChI=1S/C19H20N4O3/c1-13-3-2-4-15-18(13)22-17(26-15)12-21-16-6-5-14(11-20-16)19(24)23-7-9-25-10-8-23/h2-6,11H,7-10,12H2,1H3,(H,20,21). The van der Waals surface area contributed by atoms with Crippen LogP contribution in [0.2, 0.25) is 0 Å². The zero-order valence-electron chi connectivity index (χ0n) is 14.6. The van der Waals surface area contributed by atoms with E-state index in [1.54, 1.807) is 23.2 Å². The lowest BCUT2D eigenvalue weighted by atomic mass is 10.2. The van der Waals surface area contributed by atoms with Gasteiger partial charge in [-0.1, -0.05) is 12.1 Å². The molecule has 0 aliphatic carbocycles. The number of ether oxygens (including phenoxy) is 1. The Kier molecular flexibility index (Phi) is 4.53. The molecule has 1 aliphatic heterocycles. The normalized spacial score (nSPS) is 14.6. The highest BCUT2D eigenvalue weighted by Gasteiger charge is 2.18. The van der Waals surface area contributed by atoms with Crippen LogP contribution < -0.4 is 5.32 Å². The van der Waals surface area contributed by atoms with E-state index >= 15 is 0 Å². The summed E-state index contributed by atoms with van der Waals surface area (Å²) in [6.07, 6.45) is 1.59. The minimum atomic E-state index is -0.0122. The number of hydrogen-bond donors (Lipinski definition) is 1. The van der Waals surface area contributed by atoms with E-state index in [1.165, 1.54) is 0 Å². The van der Waals surface area contributed by atoms with Gasteiger partial charge >= 0.3 is 0 Å². The number of oxazole rings is 1. The summed E-state index contributed by atoms with van der Waals surface area (Å²) in [5.74, 6) is 1.26. The van der Waals surface area contributed by atoms with Gasteiger partial charge in [0.25, 0.3) is 5.91 Å². The fraction of sp³-hybridized carbons (Fsp3) is 0.316.